The zero-order valence-electron chi connectivity index (χ0n) is 15.3. The largest absolute Gasteiger partial charge is 0.464 e. The number of hydrogen-bond donors (Lipinski definition) is 1. The van der Waals surface area contributed by atoms with Crippen LogP contribution in [0.5, 0.6) is 0 Å². The van der Waals surface area contributed by atoms with Crippen LogP contribution in [0.1, 0.15) is 41.6 Å². The van der Waals surface area contributed by atoms with E-state index in [0.717, 1.165) is 30.4 Å². The van der Waals surface area contributed by atoms with Crippen molar-refractivity contribution >= 4 is 16.9 Å². The highest BCUT2D eigenvalue weighted by Gasteiger charge is 2.40. The number of carbonyl (C=O) groups excluding carboxylic acids is 1. The number of carbonyl (C=O) groups is 1. The van der Waals surface area contributed by atoms with Gasteiger partial charge in [0, 0.05) is 35.6 Å². The molecule has 5 rings (SSSR count). The van der Waals surface area contributed by atoms with Crippen LogP contribution in [0.15, 0.2) is 65.3 Å². The molecule has 3 atom stereocenters. The molecule has 0 radical (unpaired) electrons. The zero-order valence-corrected chi connectivity index (χ0v) is 15.3. The average Bonchev–Trinajstić information content (AvgIpc) is 3.24. The van der Waals surface area contributed by atoms with Gasteiger partial charge < -0.3 is 9.73 Å². The molecule has 138 valence electrons. The van der Waals surface area contributed by atoms with Gasteiger partial charge in [-0.05, 0) is 49.4 Å². The van der Waals surface area contributed by atoms with Crippen molar-refractivity contribution in [1.29, 1.82) is 0 Å². The lowest BCUT2D eigenvalue weighted by Gasteiger charge is -2.39. The molecule has 27 heavy (non-hydrogen) atoms. The van der Waals surface area contributed by atoms with Crippen molar-refractivity contribution in [2.24, 2.45) is 0 Å². The molecule has 3 heterocycles. The van der Waals surface area contributed by atoms with Gasteiger partial charge in [0.2, 0.25) is 0 Å². The van der Waals surface area contributed by atoms with Crippen LogP contribution in [0.3, 0.4) is 0 Å². The minimum Gasteiger partial charge on any atom is -0.464 e. The van der Waals surface area contributed by atoms with Crippen molar-refractivity contribution in [3.05, 3.63) is 72.0 Å². The fraction of sp³-hybridized carbons (Fsp3) is 0.348. The number of rotatable bonds is 4. The van der Waals surface area contributed by atoms with E-state index >= 15 is 0 Å². The highest BCUT2D eigenvalue weighted by atomic mass is 16.3. The third-order valence-corrected chi connectivity index (χ3v) is 6.15. The Hall–Kier alpha value is -2.59. The molecule has 2 saturated heterocycles. The van der Waals surface area contributed by atoms with Crippen LogP contribution in [0, 0.1) is 0 Å². The average molecular weight is 360 g/mol. The summed E-state index contributed by atoms with van der Waals surface area (Å²) in [6.45, 7) is 1.02. The Balaban J connectivity index is 1.25. The van der Waals surface area contributed by atoms with Crippen LogP contribution in [0.25, 0.3) is 11.0 Å². The van der Waals surface area contributed by atoms with Crippen LogP contribution in [0.2, 0.25) is 0 Å². The zero-order chi connectivity index (χ0) is 18.2. The van der Waals surface area contributed by atoms with E-state index in [-0.39, 0.29) is 11.9 Å². The van der Waals surface area contributed by atoms with Crippen molar-refractivity contribution in [2.45, 2.75) is 50.4 Å². The molecule has 2 aliphatic heterocycles. The van der Waals surface area contributed by atoms with E-state index in [9.17, 15) is 4.79 Å². The quantitative estimate of drug-likeness (QED) is 0.752. The molecule has 1 N–H and O–H groups in total. The summed E-state index contributed by atoms with van der Waals surface area (Å²) < 4.78 is 5.43. The lowest BCUT2D eigenvalue weighted by atomic mass is 9.96. The first-order valence-corrected chi connectivity index (χ1v) is 9.84. The SMILES string of the molecule is O=C(N[C@@H]1C[C@H]2CC[C@@H](C1)N2Cc1ccccc1)c1ccc2ccoc2c1. The summed E-state index contributed by atoms with van der Waals surface area (Å²) in [4.78, 5) is 15.4. The van der Waals surface area contributed by atoms with Crippen LogP contribution in [-0.4, -0.2) is 28.9 Å². The molecule has 3 aromatic rings. The van der Waals surface area contributed by atoms with E-state index in [1.54, 1.807) is 6.26 Å². The second-order valence-corrected chi connectivity index (χ2v) is 7.86. The number of hydrogen-bond acceptors (Lipinski definition) is 3. The highest BCUT2D eigenvalue weighted by molar-refractivity contribution is 5.97. The van der Waals surface area contributed by atoms with Gasteiger partial charge in [-0.3, -0.25) is 9.69 Å². The van der Waals surface area contributed by atoms with Crippen molar-refractivity contribution in [2.75, 3.05) is 0 Å². The molecule has 1 amide bonds. The molecule has 0 unspecified atom stereocenters. The van der Waals surface area contributed by atoms with E-state index < -0.39 is 0 Å². The normalized spacial score (nSPS) is 25.0. The molecule has 2 aromatic carbocycles. The first-order valence-electron chi connectivity index (χ1n) is 9.84. The van der Waals surface area contributed by atoms with E-state index in [4.69, 9.17) is 4.42 Å². The molecule has 2 fully saturated rings. The number of nitrogens with zero attached hydrogens (tertiary/aromatic N) is 1. The summed E-state index contributed by atoms with van der Waals surface area (Å²) in [6, 6.07) is 19.7. The van der Waals surface area contributed by atoms with Crippen molar-refractivity contribution < 1.29 is 9.21 Å². The van der Waals surface area contributed by atoms with E-state index in [2.05, 4.69) is 40.5 Å². The first kappa shape index (κ1) is 16.6. The van der Waals surface area contributed by atoms with E-state index in [1.165, 1.54) is 18.4 Å². The van der Waals surface area contributed by atoms with Gasteiger partial charge in [-0.15, -0.1) is 0 Å². The highest BCUT2D eigenvalue weighted by Crippen LogP contribution is 2.37. The Labute approximate surface area is 159 Å². The number of benzene rings is 2. The Bertz CT molecular complexity index is 935. The second-order valence-electron chi connectivity index (χ2n) is 7.86. The van der Waals surface area contributed by atoms with Crippen LogP contribution in [-0.2, 0) is 6.54 Å². The summed E-state index contributed by atoms with van der Waals surface area (Å²) in [5.41, 5.74) is 2.82. The van der Waals surface area contributed by atoms with E-state index in [1.807, 2.05) is 24.3 Å². The fourth-order valence-corrected chi connectivity index (χ4v) is 4.81. The summed E-state index contributed by atoms with van der Waals surface area (Å²) >= 11 is 0. The summed E-state index contributed by atoms with van der Waals surface area (Å²) in [5.74, 6) is 0.00853. The van der Waals surface area contributed by atoms with Crippen LogP contribution in [0.4, 0.5) is 0 Å². The van der Waals surface area contributed by atoms with Crippen LogP contribution >= 0.6 is 0 Å². The number of amides is 1. The van der Waals surface area contributed by atoms with Crippen molar-refractivity contribution in [1.82, 2.24) is 10.2 Å². The topological polar surface area (TPSA) is 45.5 Å². The van der Waals surface area contributed by atoms with Gasteiger partial charge in [0.15, 0.2) is 0 Å². The van der Waals surface area contributed by atoms with Gasteiger partial charge in [-0.25, -0.2) is 0 Å². The van der Waals surface area contributed by atoms with Gasteiger partial charge in [-0.1, -0.05) is 36.4 Å². The summed E-state index contributed by atoms with van der Waals surface area (Å²) in [5, 5.41) is 4.30. The molecule has 2 bridgehead atoms. The summed E-state index contributed by atoms with van der Waals surface area (Å²) in [7, 11) is 0. The standard InChI is InChI=1S/C23H24N2O2/c26-23(18-7-6-17-10-11-27-22(17)12-18)24-19-13-20-8-9-21(14-19)25(20)15-16-4-2-1-3-5-16/h1-7,10-12,19-21H,8-9,13-15H2,(H,24,26)/t19-,20-,21+. The predicted molar refractivity (Wildman–Crippen MR) is 105 cm³/mol. The Morgan fingerprint density at radius 1 is 1.04 bits per heavy atom. The molecular weight excluding hydrogens is 336 g/mol. The Morgan fingerprint density at radius 2 is 1.81 bits per heavy atom. The molecule has 2 aliphatic rings. The van der Waals surface area contributed by atoms with Gasteiger partial charge >= 0.3 is 0 Å². The third kappa shape index (κ3) is 3.26. The molecule has 4 nitrogen and oxygen atoms in total. The van der Waals surface area contributed by atoms with Gasteiger partial charge in [0.25, 0.3) is 5.91 Å². The number of fused-ring (bicyclic) bond motifs is 3. The number of nitrogens with one attached hydrogen (secondary N) is 1. The Morgan fingerprint density at radius 3 is 2.59 bits per heavy atom. The first-order chi connectivity index (χ1) is 13.3. The monoisotopic (exact) mass is 360 g/mol. The van der Waals surface area contributed by atoms with E-state index in [0.29, 0.717) is 17.6 Å². The van der Waals surface area contributed by atoms with Gasteiger partial charge in [-0.2, -0.15) is 0 Å². The minimum atomic E-state index is 0.00853. The minimum absolute atomic E-state index is 0.00853. The smallest absolute Gasteiger partial charge is 0.251 e. The maximum atomic E-state index is 12.7. The summed E-state index contributed by atoms with van der Waals surface area (Å²) in [6.07, 6.45) is 6.22. The van der Waals surface area contributed by atoms with Gasteiger partial charge in [0.1, 0.15) is 5.58 Å². The number of furan rings is 1. The molecule has 0 spiro atoms. The Kier molecular flexibility index (Phi) is 4.21. The maximum absolute atomic E-state index is 12.7. The van der Waals surface area contributed by atoms with Crippen LogP contribution < -0.4 is 5.32 Å². The molecule has 0 aliphatic carbocycles. The maximum Gasteiger partial charge on any atom is 0.251 e. The lowest BCUT2D eigenvalue weighted by molar-refractivity contribution is 0.0828. The molecule has 1 aromatic heterocycles. The lowest BCUT2D eigenvalue weighted by Crippen LogP contribution is -2.49. The molecular formula is C23H24N2O2. The fourth-order valence-electron chi connectivity index (χ4n) is 4.81. The third-order valence-electron chi connectivity index (χ3n) is 6.15. The predicted octanol–water partition coefficient (Wildman–Crippen LogP) is 4.36. The van der Waals surface area contributed by atoms with Gasteiger partial charge in [0.05, 0.1) is 6.26 Å². The number of piperidine rings is 1. The molecule has 0 saturated carbocycles. The second kappa shape index (κ2) is 6.86. The van der Waals surface area contributed by atoms with Crippen molar-refractivity contribution in [3.63, 3.8) is 0 Å². The van der Waals surface area contributed by atoms with Crippen molar-refractivity contribution in [3.8, 4) is 0 Å². The molecule has 4 heteroatoms.